The third kappa shape index (κ3) is 1.91. The van der Waals surface area contributed by atoms with Crippen LogP contribution in [-0.4, -0.2) is 27.3 Å². The molecule has 0 radical (unpaired) electrons. The number of benzene rings is 1. The van der Waals surface area contributed by atoms with E-state index in [1.54, 1.807) is 0 Å². The molecule has 3 aromatic rings. The van der Waals surface area contributed by atoms with E-state index in [0.717, 1.165) is 30.3 Å². The molecule has 2 bridgehead atoms. The molecule has 1 aromatic carbocycles. The number of piperidine rings is 2. The van der Waals surface area contributed by atoms with Gasteiger partial charge in [-0.25, -0.2) is 0 Å². The van der Waals surface area contributed by atoms with Crippen LogP contribution in [0, 0.1) is 5.92 Å². The quantitative estimate of drug-likeness (QED) is 0.787. The number of nitrogens with zero attached hydrogens (tertiary/aromatic N) is 3. The first-order valence-corrected chi connectivity index (χ1v) is 8.77. The minimum absolute atomic E-state index is 0.0446. The zero-order valence-electron chi connectivity index (χ0n) is 14.1. The molecule has 3 fully saturated rings. The van der Waals surface area contributed by atoms with Crippen LogP contribution in [0.1, 0.15) is 32.1 Å². The third-order valence-electron chi connectivity index (χ3n) is 6.05. The monoisotopic (exact) mass is 322 g/mol. The van der Waals surface area contributed by atoms with E-state index >= 15 is 0 Å². The van der Waals surface area contributed by atoms with Gasteiger partial charge in [0.15, 0.2) is 0 Å². The van der Waals surface area contributed by atoms with Gasteiger partial charge in [-0.15, -0.1) is 0 Å². The van der Waals surface area contributed by atoms with Crippen LogP contribution in [0.15, 0.2) is 35.0 Å². The third-order valence-corrected chi connectivity index (χ3v) is 6.05. The summed E-state index contributed by atoms with van der Waals surface area (Å²) >= 11 is 0. The van der Waals surface area contributed by atoms with E-state index in [1.165, 1.54) is 23.7 Å². The molecule has 1 saturated carbocycles. The Morgan fingerprint density at radius 2 is 2.17 bits per heavy atom. The maximum absolute atomic E-state index is 5.76. The summed E-state index contributed by atoms with van der Waals surface area (Å²) in [6.45, 7) is 3.40. The molecule has 5 heteroatoms. The van der Waals surface area contributed by atoms with Crippen molar-refractivity contribution in [3.63, 3.8) is 0 Å². The first-order chi connectivity index (χ1) is 11.6. The highest BCUT2D eigenvalue weighted by Gasteiger charge is 2.48. The standard InChI is InChI=1S/C19H22N4O/c1-19(9-12-7-8-16(19)20-10-12)18-21-17(22-24-18)14-11-23(2)15-6-4-3-5-13(14)15/h3-6,11-12,16,20H,7-10H2,1-2H3. The molecular formula is C19H22N4O. The molecule has 2 aromatic heterocycles. The van der Waals surface area contributed by atoms with Crippen molar-refractivity contribution in [1.29, 1.82) is 0 Å². The van der Waals surface area contributed by atoms with E-state index in [4.69, 9.17) is 9.51 Å². The van der Waals surface area contributed by atoms with Gasteiger partial charge in [0, 0.05) is 35.8 Å². The molecular weight excluding hydrogens is 300 g/mol. The molecule has 4 heterocycles. The molecule has 0 spiro atoms. The minimum Gasteiger partial charge on any atom is -0.350 e. The summed E-state index contributed by atoms with van der Waals surface area (Å²) in [5.41, 5.74) is 2.18. The fourth-order valence-electron chi connectivity index (χ4n) is 4.70. The SMILES string of the molecule is Cn1cc(-c2noc(C3(C)CC4CCC3NC4)n2)c2ccccc21. The number of rotatable bonds is 2. The first kappa shape index (κ1) is 14.2. The highest BCUT2D eigenvalue weighted by atomic mass is 16.5. The van der Waals surface area contributed by atoms with Gasteiger partial charge < -0.3 is 14.4 Å². The van der Waals surface area contributed by atoms with Crippen molar-refractivity contribution in [3.8, 4) is 11.4 Å². The second-order valence-corrected chi connectivity index (χ2v) is 7.62. The molecule has 3 unspecified atom stereocenters. The Balaban J connectivity index is 1.58. The van der Waals surface area contributed by atoms with Crippen molar-refractivity contribution in [3.05, 3.63) is 36.4 Å². The minimum atomic E-state index is -0.0446. The molecule has 24 heavy (non-hydrogen) atoms. The predicted molar refractivity (Wildman–Crippen MR) is 92.7 cm³/mol. The van der Waals surface area contributed by atoms with E-state index in [1.807, 2.05) is 0 Å². The summed E-state index contributed by atoms with van der Waals surface area (Å²) in [6, 6.07) is 8.79. The molecule has 2 aliphatic heterocycles. The van der Waals surface area contributed by atoms with Crippen molar-refractivity contribution >= 4 is 10.9 Å². The van der Waals surface area contributed by atoms with Crippen molar-refractivity contribution in [2.24, 2.45) is 13.0 Å². The summed E-state index contributed by atoms with van der Waals surface area (Å²) in [4.78, 5) is 4.83. The molecule has 124 valence electrons. The number of aryl methyl sites for hydroxylation is 1. The Bertz CT molecular complexity index is 903. The summed E-state index contributed by atoms with van der Waals surface area (Å²) in [5, 5.41) is 9.15. The van der Waals surface area contributed by atoms with Crippen LogP contribution < -0.4 is 5.32 Å². The highest BCUT2D eigenvalue weighted by Crippen LogP contribution is 2.44. The number of para-hydroxylation sites is 1. The van der Waals surface area contributed by atoms with E-state index in [-0.39, 0.29) is 5.41 Å². The van der Waals surface area contributed by atoms with Crippen LogP contribution in [0.2, 0.25) is 0 Å². The van der Waals surface area contributed by atoms with Crippen LogP contribution in [0.3, 0.4) is 0 Å². The predicted octanol–water partition coefficient (Wildman–Crippen LogP) is 3.26. The van der Waals surface area contributed by atoms with Gasteiger partial charge in [0.2, 0.25) is 11.7 Å². The Morgan fingerprint density at radius 3 is 2.92 bits per heavy atom. The molecule has 5 nitrogen and oxygen atoms in total. The van der Waals surface area contributed by atoms with Crippen LogP contribution in [0.5, 0.6) is 0 Å². The van der Waals surface area contributed by atoms with E-state index < -0.39 is 0 Å². The normalized spacial score (nSPS) is 29.4. The van der Waals surface area contributed by atoms with Crippen LogP contribution >= 0.6 is 0 Å². The van der Waals surface area contributed by atoms with E-state index in [0.29, 0.717) is 11.9 Å². The molecule has 3 aliphatic rings. The van der Waals surface area contributed by atoms with Crippen molar-refractivity contribution in [2.45, 2.75) is 37.6 Å². The maximum atomic E-state index is 5.76. The van der Waals surface area contributed by atoms with E-state index in [9.17, 15) is 0 Å². The molecule has 2 saturated heterocycles. The Labute approximate surface area is 141 Å². The summed E-state index contributed by atoms with van der Waals surface area (Å²) in [7, 11) is 2.05. The van der Waals surface area contributed by atoms with Gasteiger partial charge in [0.1, 0.15) is 0 Å². The van der Waals surface area contributed by atoms with Crippen LogP contribution in [-0.2, 0) is 12.5 Å². The fourth-order valence-corrected chi connectivity index (χ4v) is 4.70. The molecule has 1 N–H and O–H groups in total. The van der Waals surface area contributed by atoms with Gasteiger partial charge in [0.25, 0.3) is 0 Å². The van der Waals surface area contributed by atoms with Crippen molar-refractivity contribution in [2.75, 3.05) is 6.54 Å². The summed E-state index contributed by atoms with van der Waals surface area (Å²) < 4.78 is 7.88. The number of nitrogens with one attached hydrogen (secondary N) is 1. The summed E-state index contributed by atoms with van der Waals surface area (Å²) in [5.74, 6) is 2.21. The molecule has 3 atom stereocenters. The average Bonchev–Trinajstić information content (AvgIpc) is 3.22. The lowest BCUT2D eigenvalue weighted by Gasteiger charge is -2.48. The van der Waals surface area contributed by atoms with Crippen molar-refractivity contribution < 1.29 is 4.52 Å². The van der Waals surface area contributed by atoms with Gasteiger partial charge in [0.05, 0.1) is 5.41 Å². The number of aromatic nitrogens is 3. The Hall–Kier alpha value is -2.14. The van der Waals surface area contributed by atoms with Gasteiger partial charge in [-0.1, -0.05) is 23.4 Å². The fraction of sp³-hybridized carbons (Fsp3) is 0.474. The zero-order valence-corrected chi connectivity index (χ0v) is 14.1. The van der Waals surface area contributed by atoms with Gasteiger partial charge in [-0.05, 0) is 44.7 Å². The largest absolute Gasteiger partial charge is 0.350 e. The van der Waals surface area contributed by atoms with Gasteiger partial charge >= 0.3 is 0 Å². The smallest absolute Gasteiger partial charge is 0.234 e. The lowest BCUT2D eigenvalue weighted by atomic mass is 9.64. The van der Waals surface area contributed by atoms with Crippen LogP contribution in [0.25, 0.3) is 22.3 Å². The first-order valence-electron chi connectivity index (χ1n) is 8.77. The average molecular weight is 322 g/mol. The highest BCUT2D eigenvalue weighted by molar-refractivity contribution is 5.94. The molecule has 6 rings (SSSR count). The summed E-state index contributed by atoms with van der Waals surface area (Å²) in [6.07, 6.45) is 5.75. The lowest BCUT2D eigenvalue weighted by Crippen LogP contribution is -2.58. The Kier molecular flexibility index (Phi) is 2.92. The number of hydrogen-bond acceptors (Lipinski definition) is 4. The maximum Gasteiger partial charge on any atom is 0.234 e. The zero-order chi connectivity index (χ0) is 16.3. The number of fused-ring (bicyclic) bond motifs is 4. The second kappa shape index (κ2) is 4.93. The van der Waals surface area contributed by atoms with E-state index in [2.05, 4.69) is 59.5 Å². The van der Waals surface area contributed by atoms with Gasteiger partial charge in [-0.3, -0.25) is 0 Å². The van der Waals surface area contributed by atoms with Crippen molar-refractivity contribution in [1.82, 2.24) is 20.0 Å². The number of hydrogen-bond donors (Lipinski definition) is 1. The molecule has 0 amide bonds. The topological polar surface area (TPSA) is 55.9 Å². The second-order valence-electron chi connectivity index (χ2n) is 7.62. The molecule has 1 aliphatic carbocycles. The Morgan fingerprint density at radius 1 is 1.29 bits per heavy atom. The van der Waals surface area contributed by atoms with Gasteiger partial charge in [-0.2, -0.15) is 4.98 Å². The lowest BCUT2D eigenvalue weighted by molar-refractivity contribution is 0.0883. The van der Waals surface area contributed by atoms with Crippen LogP contribution in [0.4, 0.5) is 0 Å².